The van der Waals surface area contributed by atoms with Gasteiger partial charge in [-0.15, -0.1) is 0 Å². The number of para-hydroxylation sites is 1. The quantitative estimate of drug-likeness (QED) is 0.576. The van der Waals surface area contributed by atoms with E-state index in [9.17, 15) is 23.1 Å². The lowest BCUT2D eigenvalue weighted by atomic mass is 10.0. The monoisotopic (exact) mass is 457 g/mol. The van der Waals surface area contributed by atoms with E-state index in [0.29, 0.717) is 40.6 Å². The Hall–Kier alpha value is -3.59. The second-order valence-corrected chi connectivity index (χ2v) is 7.75. The van der Waals surface area contributed by atoms with E-state index < -0.39 is 17.8 Å². The third-order valence-electron chi connectivity index (χ3n) is 5.24. The molecule has 1 aliphatic heterocycles. The van der Waals surface area contributed by atoms with Crippen molar-refractivity contribution in [3.05, 3.63) is 71.9 Å². The summed E-state index contributed by atoms with van der Waals surface area (Å²) >= 11 is 0. The van der Waals surface area contributed by atoms with Gasteiger partial charge in [-0.05, 0) is 55.8 Å². The molecule has 1 aliphatic rings. The first kappa shape index (κ1) is 22.6. The zero-order chi connectivity index (χ0) is 23.8. The smallest absolute Gasteiger partial charge is 0.442 e. The van der Waals surface area contributed by atoms with E-state index in [1.807, 2.05) is 6.92 Å². The number of allylic oxidation sites excluding steroid dienone is 1. The summed E-state index contributed by atoms with van der Waals surface area (Å²) in [6.45, 7) is 3.91. The number of ether oxygens (including phenoxy) is 1. The van der Waals surface area contributed by atoms with Gasteiger partial charge in [0.2, 0.25) is 0 Å². The molecule has 0 aliphatic carbocycles. The fraction of sp³-hybridized carbons (Fsp3) is 0.250. The number of alkyl halides is 3. The van der Waals surface area contributed by atoms with Crippen LogP contribution < -0.4 is 10.2 Å². The molecule has 1 aromatic heterocycles. The summed E-state index contributed by atoms with van der Waals surface area (Å²) in [5, 5.41) is 10.9. The maximum absolute atomic E-state index is 13.7. The van der Waals surface area contributed by atoms with Crippen molar-refractivity contribution in [3.8, 4) is 17.0 Å². The van der Waals surface area contributed by atoms with E-state index in [-0.39, 0.29) is 16.3 Å². The number of hydrazine groups is 1. The van der Waals surface area contributed by atoms with Crippen LogP contribution in [0.4, 0.5) is 13.2 Å². The first-order valence-electron chi connectivity index (χ1n) is 10.4. The summed E-state index contributed by atoms with van der Waals surface area (Å²) in [5.41, 5.74) is 0.336. The Labute approximate surface area is 188 Å². The minimum absolute atomic E-state index is 0.00410. The standard InChI is InChI=1S/C24H22F3N3O3/c1-3-12-33-17-10-8-16(9-11-17)21-13-19(18-6-4-5-7-20(18)28-21)22(31)30-23(32,24(25,26)27)14-15(2)29-30/h4-11,13-14,29,32H,3,12H2,1-2H3. The number of amides is 1. The Bertz CT molecular complexity index is 1230. The number of hydrogen-bond donors (Lipinski definition) is 2. The average Bonchev–Trinajstić information content (AvgIpc) is 3.12. The fourth-order valence-corrected chi connectivity index (χ4v) is 3.64. The molecule has 2 N–H and O–H groups in total. The maximum atomic E-state index is 13.7. The molecule has 172 valence electrons. The van der Waals surface area contributed by atoms with Crippen LogP contribution in [0.15, 0.2) is 66.4 Å². The first-order chi connectivity index (χ1) is 15.6. The van der Waals surface area contributed by atoms with Crippen molar-refractivity contribution in [1.82, 2.24) is 15.4 Å². The molecule has 0 saturated carbocycles. The Morgan fingerprint density at radius 3 is 2.55 bits per heavy atom. The Morgan fingerprint density at radius 2 is 1.88 bits per heavy atom. The summed E-state index contributed by atoms with van der Waals surface area (Å²) < 4.78 is 46.6. The molecule has 3 aromatic rings. The molecule has 2 aromatic carbocycles. The molecular formula is C24H22F3N3O3. The van der Waals surface area contributed by atoms with Gasteiger partial charge in [-0.1, -0.05) is 25.1 Å². The van der Waals surface area contributed by atoms with Crippen LogP contribution in [0.5, 0.6) is 5.75 Å². The number of nitrogens with one attached hydrogen (secondary N) is 1. The molecule has 1 unspecified atom stereocenters. The van der Waals surface area contributed by atoms with Crippen LogP contribution in [-0.4, -0.2) is 39.5 Å². The summed E-state index contributed by atoms with van der Waals surface area (Å²) in [4.78, 5) is 17.9. The van der Waals surface area contributed by atoms with Crippen LogP contribution >= 0.6 is 0 Å². The van der Waals surface area contributed by atoms with Crippen LogP contribution in [0.3, 0.4) is 0 Å². The predicted molar refractivity (Wildman–Crippen MR) is 117 cm³/mol. The number of halogens is 3. The number of rotatable bonds is 5. The lowest BCUT2D eigenvalue weighted by Crippen LogP contribution is -2.60. The zero-order valence-corrected chi connectivity index (χ0v) is 18.0. The minimum Gasteiger partial charge on any atom is -0.494 e. The van der Waals surface area contributed by atoms with Crippen molar-refractivity contribution in [1.29, 1.82) is 0 Å². The molecule has 0 spiro atoms. The molecule has 9 heteroatoms. The molecule has 33 heavy (non-hydrogen) atoms. The molecule has 2 heterocycles. The Balaban J connectivity index is 1.79. The first-order valence-corrected chi connectivity index (χ1v) is 10.4. The Kier molecular flexibility index (Phi) is 5.75. The van der Waals surface area contributed by atoms with Gasteiger partial charge in [0.05, 0.1) is 23.4 Å². The van der Waals surface area contributed by atoms with Gasteiger partial charge in [-0.25, -0.2) is 9.99 Å². The molecule has 0 bridgehead atoms. The van der Waals surface area contributed by atoms with Crippen LogP contribution in [0.25, 0.3) is 22.2 Å². The van der Waals surface area contributed by atoms with Gasteiger partial charge in [0.25, 0.3) is 11.6 Å². The molecule has 6 nitrogen and oxygen atoms in total. The normalized spacial score (nSPS) is 18.2. The number of nitrogens with zero attached hydrogens (tertiary/aromatic N) is 2. The van der Waals surface area contributed by atoms with Gasteiger partial charge in [0.15, 0.2) is 0 Å². The van der Waals surface area contributed by atoms with Gasteiger partial charge in [-0.2, -0.15) is 13.2 Å². The third-order valence-corrected chi connectivity index (χ3v) is 5.24. The number of hydrogen-bond acceptors (Lipinski definition) is 5. The van der Waals surface area contributed by atoms with Crippen molar-refractivity contribution in [3.63, 3.8) is 0 Å². The highest BCUT2D eigenvalue weighted by Gasteiger charge is 2.61. The highest BCUT2D eigenvalue weighted by atomic mass is 19.4. The average molecular weight is 457 g/mol. The molecule has 1 amide bonds. The van der Waals surface area contributed by atoms with Crippen LogP contribution in [-0.2, 0) is 0 Å². The van der Waals surface area contributed by atoms with Gasteiger partial charge < -0.3 is 9.84 Å². The van der Waals surface area contributed by atoms with Crippen LogP contribution in [0.2, 0.25) is 0 Å². The molecule has 0 radical (unpaired) electrons. The van der Waals surface area contributed by atoms with Gasteiger partial charge in [0.1, 0.15) is 5.75 Å². The zero-order valence-electron chi connectivity index (χ0n) is 18.0. The number of carbonyl (C=O) groups is 1. The second kappa shape index (κ2) is 8.40. The number of benzene rings is 2. The SMILES string of the molecule is CCCOc1ccc(-c2cc(C(=O)N3NC(C)=CC3(O)C(F)(F)F)c3ccccc3n2)cc1. The van der Waals surface area contributed by atoms with Crippen molar-refractivity contribution in [2.24, 2.45) is 0 Å². The van der Waals surface area contributed by atoms with Crippen molar-refractivity contribution < 1.29 is 27.8 Å². The van der Waals surface area contributed by atoms with E-state index >= 15 is 0 Å². The summed E-state index contributed by atoms with van der Waals surface area (Å²) in [5.74, 6) is -0.360. The van der Waals surface area contributed by atoms with Gasteiger partial charge >= 0.3 is 6.18 Å². The molecular weight excluding hydrogens is 435 g/mol. The molecule has 4 rings (SSSR count). The summed E-state index contributed by atoms with van der Waals surface area (Å²) in [7, 11) is 0. The van der Waals surface area contributed by atoms with E-state index in [1.165, 1.54) is 13.0 Å². The fourth-order valence-electron chi connectivity index (χ4n) is 3.64. The lowest BCUT2D eigenvalue weighted by Gasteiger charge is -2.34. The van der Waals surface area contributed by atoms with Crippen molar-refractivity contribution in [2.45, 2.75) is 32.2 Å². The molecule has 1 atom stereocenters. The second-order valence-electron chi connectivity index (χ2n) is 7.75. The van der Waals surface area contributed by atoms with Crippen molar-refractivity contribution >= 4 is 16.8 Å². The predicted octanol–water partition coefficient (Wildman–Crippen LogP) is 4.81. The largest absolute Gasteiger partial charge is 0.494 e. The van der Waals surface area contributed by atoms with E-state index in [4.69, 9.17) is 4.74 Å². The highest BCUT2D eigenvalue weighted by molar-refractivity contribution is 6.07. The lowest BCUT2D eigenvalue weighted by molar-refractivity contribution is -0.283. The third kappa shape index (κ3) is 4.11. The summed E-state index contributed by atoms with van der Waals surface area (Å²) in [6.07, 6.45) is -3.67. The van der Waals surface area contributed by atoms with Gasteiger partial charge in [-0.3, -0.25) is 10.2 Å². The van der Waals surface area contributed by atoms with Crippen LogP contribution in [0, 0.1) is 0 Å². The maximum Gasteiger partial charge on any atom is 0.442 e. The molecule has 0 saturated heterocycles. The topological polar surface area (TPSA) is 74.7 Å². The number of aromatic nitrogens is 1. The van der Waals surface area contributed by atoms with Crippen LogP contribution in [0.1, 0.15) is 30.6 Å². The number of aliphatic hydroxyl groups is 1. The molecule has 0 fully saturated rings. The number of carbonyl (C=O) groups excluding carboxylic acids is 1. The number of pyridine rings is 1. The van der Waals surface area contributed by atoms with E-state index in [2.05, 4.69) is 10.4 Å². The van der Waals surface area contributed by atoms with E-state index in [1.54, 1.807) is 48.5 Å². The highest BCUT2D eigenvalue weighted by Crippen LogP contribution is 2.39. The Morgan fingerprint density at radius 1 is 1.18 bits per heavy atom. The number of fused-ring (bicyclic) bond motifs is 1. The van der Waals surface area contributed by atoms with Crippen molar-refractivity contribution in [2.75, 3.05) is 6.61 Å². The summed E-state index contributed by atoms with van der Waals surface area (Å²) in [6, 6.07) is 15.2. The van der Waals surface area contributed by atoms with E-state index in [0.717, 1.165) is 6.42 Å². The van der Waals surface area contributed by atoms with Gasteiger partial charge in [0, 0.05) is 16.6 Å². The minimum atomic E-state index is -5.10.